The predicted octanol–water partition coefficient (Wildman–Crippen LogP) is 3.86. The molecule has 0 bridgehead atoms. The number of fused-ring (bicyclic) bond motifs is 1. The minimum atomic E-state index is -4.79. The molecule has 2 aromatic heterocycles. The van der Waals surface area contributed by atoms with Crippen LogP contribution in [-0.4, -0.2) is 74.6 Å². The third kappa shape index (κ3) is 6.56. The Bertz CT molecular complexity index is 1860. The maximum Gasteiger partial charge on any atom is 0.433 e. The molecule has 2 aromatic carbocycles. The predicted molar refractivity (Wildman–Crippen MR) is 170 cm³/mol. The summed E-state index contributed by atoms with van der Waals surface area (Å²) in [6.07, 6.45) is -1.22. The van der Waals surface area contributed by atoms with Crippen molar-refractivity contribution in [2.24, 2.45) is 0 Å². The first kappa shape index (κ1) is 32.6. The smallest absolute Gasteiger partial charge is 0.348 e. The van der Waals surface area contributed by atoms with Gasteiger partial charge in [0.2, 0.25) is 11.7 Å². The van der Waals surface area contributed by atoms with E-state index < -0.39 is 41.5 Å². The fourth-order valence-corrected chi connectivity index (χ4v) is 5.94. The number of likely N-dealkylation sites (tertiary alicyclic amines) is 1. The molecule has 14 heteroatoms. The topological polar surface area (TPSA) is 125 Å². The van der Waals surface area contributed by atoms with E-state index in [-0.39, 0.29) is 19.0 Å². The molecule has 6 rings (SSSR count). The molecule has 0 unspecified atom stereocenters. The maximum atomic E-state index is 14.2. The van der Waals surface area contributed by atoms with Gasteiger partial charge in [-0.15, -0.1) is 0 Å². The SMILES string of the molecule is C=C(CN1CCC1)C(=O)NCc1cccc([C@@H]2c3cnn(-c4ccccc4)c3N(CC)C(=O)[C@H]2NC(=O)c2nccc(C(F)(F)F)n2)c1. The summed E-state index contributed by atoms with van der Waals surface area (Å²) in [6.45, 7) is 8.46. The van der Waals surface area contributed by atoms with Gasteiger partial charge in [-0.1, -0.05) is 49.0 Å². The highest BCUT2D eigenvalue weighted by Gasteiger charge is 2.45. The standard InChI is InChI=1S/C34H33F3N8O3/c1-3-44-32-25(19-40-45(32)24-11-5-4-6-12-24)27(28(33(44)48)42-31(47)29-38-14-13-26(41-29)34(35,36)37)23-10-7-9-22(17-23)18-39-30(46)21(2)20-43-15-8-16-43/h4-7,9-14,17,19,27-28H,2-3,8,15-16,18,20H2,1H3,(H,39,46)(H,42,47)/t27-,28+/m1/s1. The molecule has 48 heavy (non-hydrogen) atoms. The second-order valence-electron chi connectivity index (χ2n) is 11.6. The van der Waals surface area contributed by atoms with Crippen LogP contribution in [0.4, 0.5) is 19.0 Å². The van der Waals surface area contributed by atoms with Gasteiger partial charge in [-0.05, 0) is 55.8 Å². The Morgan fingerprint density at radius 1 is 1.06 bits per heavy atom. The molecular formula is C34H33F3N8O3. The van der Waals surface area contributed by atoms with Crippen LogP contribution >= 0.6 is 0 Å². The van der Waals surface area contributed by atoms with Crippen LogP contribution in [0.15, 0.2) is 85.2 Å². The van der Waals surface area contributed by atoms with Gasteiger partial charge in [-0.2, -0.15) is 18.3 Å². The van der Waals surface area contributed by atoms with Gasteiger partial charge in [0, 0.05) is 42.9 Å². The lowest BCUT2D eigenvalue weighted by Gasteiger charge is -2.38. The number of carbonyl (C=O) groups excluding carboxylic acids is 3. The first-order chi connectivity index (χ1) is 23.0. The van der Waals surface area contributed by atoms with Crippen molar-refractivity contribution in [1.82, 2.24) is 35.3 Å². The molecule has 248 valence electrons. The molecular weight excluding hydrogens is 625 g/mol. The van der Waals surface area contributed by atoms with E-state index in [4.69, 9.17) is 0 Å². The zero-order valence-corrected chi connectivity index (χ0v) is 26.1. The number of carbonyl (C=O) groups is 3. The zero-order chi connectivity index (χ0) is 34.0. The van der Waals surface area contributed by atoms with Crippen molar-refractivity contribution in [3.63, 3.8) is 0 Å². The lowest BCUT2D eigenvalue weighted by atomic mass is 9.82. The van der Waals surface area contributed by atoms with Gasteiger partial charge >= 0.3 is 6.18 Å². The lowest BCUT2D eigenvalue weighted by molar-refractivity contribution is -0.141. The van der Waals surface area contributed by atoms with Gasteiger partial charge in [-0.3, -0.25) is 24.2 Å². The minimum absolute atomic E-state index is 0.179. The summed E-state index contributed by atoms with van der Waals surface area (Å²) < 4.78 is 41.8. The number of hydrogen-bond donors (Lipinski definition) is 2. The number of nitrogens with zero attached hydrogens (tertiary/aromatic N) is 6. The van der Waals surface area contributed by atoms with Crippen LogP contribution in [0.25, 0.3) is 5.69 Å². The average Bonchev–Trinajstić information content (AvgIpc) is 3.50. The van der Waals surface area contributed by atoms with Gasteiger partial charge < -0.3 is 10.6 Å². The summed E-state index contributed by atoms with van der Waals surface area (Å²) >= 11 is 0. The third-order valence-corrected chi connectivity index (χ3v) is 8.43. The van der Waals surface area contributed by atoms with E-state index in [1.165, 1.54) is 4.90 Å². The van der Waals surface area contributed by atoms with E-state index in [0.717, 1.165) is 31.3 Å². The summed E-state index contributed by atoms with van der Waals surface area (Å²) in [5, 5.41) is 10.1. The molecule has 0 aliphatic carbocycles. The molecule has 4 heterocycles. The first-order valence-electron chi connectivity index (χ1n) is 15.5. The number of aromatic nitrogens is 4. The second kappa shape index (κ2) is 13.4. The van der Waals surface area contributed by atoms with Crippen LogP contribution in [0.5, 0.6) is 0 Å². The largest absolute Gasteiger partial charge is 0.433 e. The van der Waals surface area contributed by atoms with Crippen molar-refractivity contribution < 1.29 is 27.6 Å². The Balaban J connectivity index is 1.36. The van der Waals surface area contributed by atoms with E-state index in [0.29, 0.717) is 40.8 Å². The average molecular weight is 659 g/mol. The number of amides is 3. The number of anilines is 1. The van der Waals surface area contributed by atoms with E-state index >= 15 is 0 Å². The summed E-state index contributed by atoms with van der Waals surface area (Å²) in [6, 6.07) is 15.9. The fourth-order valence-electron chi connectivity index (χ4n) is 5.94. The number of halogens is 3. The Morgan fingerprint density at radius 3 is 2.52 bits per heavy atom. The number of benzene rings is 2. The molecule has 1 saturated heterocycles. The van der Waals surface area contributed by atoms with E-state index in [9.17, 15) is 27.6 Å². The highest BCUT2D eigenvalue weighted by molar-refractivity contribution is 6.04. The van der Waals surface area contributed by atoms with Gasteiger partial charge in [0.25, 0.3) is 11.8 Å². The maximum absolute atomic E-state index is 14.2. The fraction of sp³-hybridized carbons (Fsp3) is 0.294. The lowest BCUT2D eigenvalue weighted by Crippen LogP contribution is -2.55. The van der Waals surface area contributed by atoms with Crippen molar-refractivity contribution in [2.75, 3.05) is 31.1 Å². The molecule has 3 amide bonds. The van der Waals surface area contributed by atoms with Crippen LogP contribution in [0.2, 0.25) is 0 Å². The van der Waals surface area contributed by atoms with Gasteiger partial charge in [0.05, 0.1) is 11.9 Å². The molecule has 2 aliphatic rings. The number of likely N-dealkylation sites (N-methyl/N-ethyl adjacent to an activating group) is 1. The van der Waals surface area contributed by atoms with Crippen molar-refractivity contribution in [3.8, 4) is 5.69 Å². The molecule has 2 aliphatic heterocycles. The summed E-state index contributed by atoms with van der Waals surface area (Å²) in [5.41, 5.74) is 1.85. The second-order valence-corrected chi connectivity index (χ2v) is 11.6. The Morgan fingerprint density at radius 2 is 1.83 bits per heavy atom. The van der Waals surface area contributed by atoms with E-state index in [1.807, 2.05) is 42.5 Å². The van der Waals surface area contributed by atoms with Crippen LogP contribution in [0.3, 0.4) is 0 Å². The molecule has 0 spiro atoms. The summed E-state index contributed by atoms with van der Waals surface area (Å²) in [4.78, 5) is 51.2. The Hall–Kier alpha value is -5.37. The number of para-hydroxylation sites is 1. The number of hydrogen-bond acceptors (Lipinski definition) is 7. The quantitative estimate of drug-likeness (QED) is 0.248. The number of alkyl halides is 3. The molecule has 2 atom stereocenters. The highest BCUT2D eigenvalue weighted by Crippen LogP contribution is 2.41. The van der Waals surface area contributed by atoms with Crippen molar-refractivity contribution in [3.05, 3.63) is 113 Å². The molecule has 4 aromatic rings. The summed E-state index contributed by atoms with van der Waals surface area (Å²) in [5.74, 6) is -2.82. The Kier molecular flexibility index (Phi) is 9.09. The molecule has 0 saturated carbocycles. The van der Waals surface area contributed by atoms with Gasteiger partial charge in [-0.25, -0.2) is 14.6 Å². The van der Waals surface area contributed by atoms with E-state index in [2.05, 4.69) is 37.2 Å². The number of rotatable bonds is 10. The highest BCUT2D eigenvalue weighted by atomic mass is 19.4. The minimum Gasteiger partial charge on any atom is -0.348 e. The first-order valence-corrected chi connectivity index (χ1v) is 15.5. The monoisotopic (exact) mass is 658 g/mol. The summed E-state index contributed by atoms with van der Waals surface area (Å²) in [7, 11) is 0. The van der Waals surface area contributed by atoms with E-state index in [1.54, 1.807) is 29.9 Å². The Labute approximate surface area is 274 Å². The van der Waals surface area contributed by atoms with Crippen LogP contribution in [0, 0.1) is 0 Å². The van der Waals surface area contributed by atoms with Gasteiger partial charge in [0.15, 0.2) is 0 Å². The third-order valence-electron chi connectivity index (χ3n) is 8.43. The zero-order valence-electron chi connectivity index (χ0n) is 26.1. The van der Waals surface area contributed by atoms with Gasteiger partial charge in [0.1, 0.15) is 17.6 Å². The van der Waals surface area contributed by atoms with Crippen LogP contribution < -0.4 is 15.5 Å². The van der Waals surface area contributed by atoms with Crippen molar-refractivity contribution in [1.29, 1.82) is 0 Å². The molecule has 1 fully saturated rings. The molecule has 2 N–H and O–H groups in total. The van der Waals surface area contributed by atoms with Crippen molar-refractivity contribution in [2.45, 2.75) is 38.0 Å². The van der Waals surface area contributed by atoms with Crippen LogP contribution in [0.1, 0.15) is 52.3 Å². The number of nitrogens with one attached hydrogen (secondary N) is 2. The molecule has 11 nitrogen and oxygen atoms in total. The van der Waals surface area contributed by atoms with Crippen molar-refractivity contribution >= 4 is 23.5 Å². The normalized spacial score (nSPS) is 17.8. The van der Waals surface area contributed by atoms with Crippen LogP contribution in [-0.2, 0) is 22.3 Å². The molecule has 0 radical (unpaired) electrons.